The molecule has 0 spiro atoms. The number of hydrogen-bond donors (Lipinski definition) is 2. The van der Waals surface area contributed by atoms with Crippen molar-refractivity contribution in [2.45, 2.75) is 24.4 Å². The van der Waals surface area contributed by atoms with E-state index in [0.29, 0.717) is 19.0 Å². The lowest BCUT2D eigenvalue weighted by Gasteiger charge is -2.14. The molecule has 0 unspecified atom stereocenters. The van der Waals surface area contributed by atoms with Crippen LogP contribution in [0.25, 0.3) is 0 Å². The van der Waals surface area contributed by atoms with E-state index in [1.807, 2.05) is 11.6 Å². The van der Waals surface area contributed by atoms with Gasteiger partial charge in [-0.3, -0.25) is 9.52 Å². The minimum Gasteiger partial charge on any atom is -0.352 e. The lowest BCUT2D eigenvalue weighted by Crippen LogP contribution is -2.25. The Hall–Kier alpha value is -1.97. The zero-order chi connectivity index (χ0) is 21.1. The Balaban J connectivity index is 2.42. The normalized spacial score (nSPS) is 11.9. The first-order valence-corrected chi connectivity index (χ1v) is 10.2. The molecule has 0 aromatic heterocycles. The van der Waals surface area contributed by atoms with Crippen LogP contribution in [0.4, 0.5) is 18.9 Å². The van der Waals surface area contributed by atoms with Gasteiger partial charge in [-0.1, -0.05) is 36.2 Å². The third-order valence-electron chi connectivity index (χ3n) is 3.53. The second-order valence-electron chi connectivity index (χ2n) is 5.70. The Morgan fingerprint density at radius 2 is 1.79 bits per heavy atom. The number of benzene rings is 2. The highest BCUT2D eigenvalue weighted by atomic mass is 35.5. The van der Waals surface area contributed by atoms with E-state index in [9.17, 15) is 26.4 Å². The Morgan fingerprint density at radius 3 is 2.39 bits per heavy atom. The summed E-state index contributed by atoms with van der Waals surface area (Å²) in [6.45, 7) is 2.18. The van der Waals surface area contributed by atoms with Gasteiger partial charge in [0.25, 0.3) is 15.9 Å². The Bertz CT molecular complexity index is 996. The summed E-state index contributed by atoms with van der Waals surface area (Å²) in [5, 5.41) is 2.21. The van der Waals surface area contributed by atoms with Gasteiger partial charge in [-0.2, -0.15) is 13.2 Å². The maximum atomic E-state index is 12.8. The number of anilines is 1. The highest BCUT2D eigenvalue weighted by Gasteiger charge is 2.31. The smallest absolute Gasteiger partial charge is 0.352 e. The quantitative estimate of drug-likeness (QED) is 0.647. The van der Waals surface area contributed by atoms with Crippen molar-refractivity contribution in [3.63, 3.8) is 0 Å². The minimum absolute atomic E-state index is 0.0587. The number of amides is 1. The van der Waals surface area contributed by atoms with Crippen molar-refractivity contribution in [3.8, 4) is 0 Å². The van der Waals surface area contributed by atoms with Crippen LogP contribution in [0, 0.1) is 0 Å². The molecule has 152 valence electrons. The Kier molecular flexibility index (Phi) is 6.84. The number of carbonyl (C=O) groups is 1. The number of sulfonamides is 1. The summed E-state index contributed by atoms with van der Waals surface area (Å²) in [7, 11) is -4.39. The predicted octanol–water partition coefficient (Wildman–Crippen LogP) is 4.95. The second-order valence-corrected chi connectivity index (χ2v) is 8.17. The van der Waals surface area contributed by atoms with Crippen LogP contribution in [0.1, 0.15) is 29.3 Å². The molecule has 0 aliphatic carbocycles. The number of rotatable bonds is 6. The zero-order valence-electron chi connectivity index (χ0n) is 14.4. The molecule has 5 nitrogen and oxygen atoms in total. The summed E-state index contributed by atoms with van der Waals surface area (Å²) in [6.07, 6.45) is -3.98. The van der Waals surface area contributed by atoms with Crippen LogP contribution in [0.3, 0.4) is 0 Å². The molecule has 0 fully saturated rings. The van der Waals surface area contributed by atoms with Crippen LogP contribution in [0.2, 0.25) is 10.0 Å². The Labute approximate surface area is 169 Å². The van der Waals surface area contributed by atoms with Gasteiger partial charge in [0.1, 0.15) is 4.90 Å². The molecule has 0 bridgehead atoms. The summed E-state index contributed by atoms with van der Waals surface area (Å²) in [4.78, 5) is 11.7. The Morgan fingerprint density at radius 1 is 1.11 bits per heavy atom. The highest BCUT2D eigenvalue weighted by molar-refractivity contribution is 7.92. The second kappa shape index (κ2) is 8.59. The van der Waals surface area contributed by atoms with E-state index in [1.54, 1.807) is 0 Å². The topological polar surface area (TPSA) is 75.3 Å². The molecule has 11 heteroatoms. The van der Waals surface area contributed by atoms with Crippen LogP contribution in [-0.4, -0.2) is 20.9 Å². The van der Waals surface area contributed by atoms with Gasteiger partial charge < -0.3 is 5.32 Å². The van der Waals surface area contributed by atoms with E-state index in [1.165, 1.54) is 0 Å². The van der Waals surface area contributed by atoms with E-state index >= 15 is 0 Å². The van der Waals surface area contributed by atoms with Crippen molar-refractivity contribution < 1.29 is 26.4 Å². The minimum atomic E-state index is -4.64. The summed E-state index contributed by atoms with van der Waals surface area (Å²) in [6, 6.07) is 5.75. The standard InChI is InChI=1S/C17H15Cl2F3N2O3S/c1-2-6-23-16(25)12-8-15(14(19)9-13(12)18)28(26,27)24-11-5-3-4-10(7-11)17(20,21)22/h3-5,7-9,24H,2,6H2,1H3,(H,23,25). The number of carbonyl (C=O) groups excluding carboxylic acids is 1. The lowest BCUT2D eigenvalue weighted by molar-refractivity contribution is -0.137. The van der Waals surface area contributed by atoms with Crippen molar-refractivity contribution in [2.75, 3.05) is 11.3 Å². The van der Waals surface area contributed by atoms with Crippen molar-refractivity contribution in [1.29, 1.82) is 0 Å². The molecule has 1 amide bonds. The molecule has 2 N–H and O–H groups in total. The van der Waals surface area contributed by atoms with Gasteiger partial charge >= 0.3 is 6.18 Å². The summed E-state index contributed by atoms with van der Waals surface area (Å²) >= 11 is 11.9. The molecule has 0 heterocycles. The SMILES string of the molecule is CCCNC(=O)c1cc(S(=O)(=O)Nc2cccc(C(F)(F)F)c2)c(Cl)cc1Cl. The van der Waals surface area contributed by atoms with Gasteiger partial charge in [-0.05, 0) is 36.8 Å². The van der Waals surface area contributed by atoms with Crippen LogP contribution in [0.5, 0.6) is 0 Å². The first-order chi connectivity index (χ1) is 13.0. The summed E-state index contributed by atoms with van der Waals surface area (Å²) in [5.41, 5.74) is -1.45. The fourth-order valence-corrected chi connectivity index (χ4v) is 4.12. The monoisotopic (exact) mass is 454 g/mol. The molecule has 28 heavy (non-hydrogen) atoms. The van der Waals surface area contributed by atoms with Gasteiger partial charge in [0.05, 0.1) is 21.2 Å². The molecule has 0 saturated carbocycles. The lowest BCUT2D eigenvalue weighted by atomic mass is 10.2. The van der Waals surface area contributed by atoms with Gasteiger partial charge in [0.15, 0.2) is 0 Å². The van der Waals surface area contributed by atoms with E-state index in [-0.39, 0.29) is 21.3 Å². The molecular weight excluding hydrogens is 440 g/mol. The summed E-state index contributed by atoms with van der Waals surface area (Å²) in [5.74, 6) is -0.598. The van der Waals surface area contributed by atoms with E-state index < -0.39 is 32.6 Å². The molecule has 0 saturated heterocycles. The fraction of sp³-hybridized carbons (Fsp3) is 0.235. The summed E-state index contributed by atoms with van der Waals surface area (Å²) < 4.78 is 65.7. The predicted molar refractivity (Wildman–Crippen MR) is 101 cm³/mol. The van der Waals surface area contributed by atoms with Crippen LogP contribution < -0.4 is 10.0 Å². The van der Waals surface area contributed by atoms with Crippen LogP contribution in [-0.2, 0) is 16.2 Å². The number of halogens is 5. The van der Waals surface area contributed by atoms with Crippen molar-refractivity contribution in [3.05, 3.63) is 57.6 Å². The van der Waals surface area contributed by atoms with Gasteiger partial charge in [0.2, 0.25) is 0 Å². The van der Waals surface area contributed by atoms with Crippen LogP contribution >= 0.6 is 23.2 Å². The number of nitrogens with one attached hydrogen (secondary N) is 2. The number of hydrogen-bond acceptors (Lipinski definition) is 3. The average Bonchev–Trinajstić information content (AvgIpc) is 2.58. The fourth-order valence-electron chi connectivity index (χ4n) is 2.21. The van der Waals surface area contributed by atoms with Crippen molar-refractivity contribution in [1.82, 2.24) is 5.32 Å². The third-order valence-corrected chi connectivity index (χ3v) is 5.69. The maximum Gasteiger partial charge on any atom is 0.416 e. The molecule has 0 aliphatic rings. The number of alkyl halides is 3. The van der Waals surface area contributed by atoms with Crippen molar-refractivity contribution >= 4 is 44.8 Å². The molecule has 0 radical (unpaired) electrons. The van der Waals surface area contributed by atoms with E-state index in [4.69, 9.17) is 23.2 Å². The molecule has 0 atom stereocenters. The first-order valence-electron chi connectivity index (χ1n) is 7.93. The van der Waals surface area contributed by atoms with Gasteiger partial charge in [-0.15, -0.1) is 0 Å². The molecule has 2 rings (SSSR count). The zero-order valence-corrected chi connectivity index (χ0v) is 16.7. The van der Waals surface area contributed by atoms with E-state index in [0.717, 1.165) is 30.3 Å². The molecule has 2 aromatic carbocycles. The van der Waals surface area contributed by atoms with E-state index in [2.05, 4.69) is 5.32 Å². The third kappa shape index (κ3) is 5.30. The molecule has 2 aromatic rings. The van der Waals surface area contributed by atoms with Gasteiger partial charge in [-0.25, -0.2) is 8.42 Å². The molecule has 0 aliphatic heterocycles. The first kappa shape index (κ1) is 22.3. The largest absolute Gasteiger partial charge is 0.416 e. The maximum absolute atomic E-state index is 12.8. The van der Waals surface area contributed by atoms with Crippen molar-refractivity contribution in [2.24, 2.45) is 0 Å². The van der Waals surface area contributed by atoms with Crippen LogP contribution in [0.15, 0.2) is 41.3 Å². The highest BCUT2D eigenvalue weighted by Crippen LogP contribution is 2.33. The average molecular weight is 455 g/mol. The van der Waals surface area contributed by atoms with Gasteiger partial charge in [0, 0.05) is 12.2 Å². The molecular formula is C17H15Cl2F3N2O3S.